The number of urea groups is 1. The highest BCUT2D eigenvalue weighted by molar-refractivity contribution is 7.99. The monoisotopic (exact) mass is 361 g/mol. The quantitative estimate of drug-likeness (QED) is 0.833. The molecule has 1 N–H and O–H groups in total. The highest BCUT2D eigenvalue weighted by atomic mass is 32.2. The van der Waals surface area contributed by atoms with Gasteiger partial charge in [-0.25, -0.2) is 4.79 Å². The lowest BCUT2D eigenvalue weighted by molar-refractivity contribution is -0.135. The van der Waals surface area contributed by atoms with Crippen molar-refractivity contribution in [3.8, 4) is 0 Å². The SMILES string of the molecule is CCSc1ccccc1NC(=O)N1CCC[C@@H](C(=O)N2CCCC2)C1. The van der Waals surface area contributed by atoms with E-state index in [4.69, 9.17) is 0 Å². The van der Waals surface area contributed by atoms with Crippen LogP contribution in [0.1, 0.15) is 32.6 Å². The number of anilines is 1. The van der Waals surface area contributed by atoms with Crippen molar-refractivity contribution in [1.82, 2.24) is 9.80 Å². The van der Waals surface area contributed by atoms with Gasteiger partial charge in [0.05, 0.1) is 11.6 Å². The van der Waals surface area contributed by atoms with Crippen LogP contribution in [0.5, 0.6) is 0 Å². The third kappa shape index (κ3) is 4.48. The van der Waals surface area contributed by atoms with Crippen LogP contribution in [0.2, 0.25) is 0 Å². The Morgan fingerprint density at radius 2 is 1.84 bits per heavy atom. The van der Waals surface area contributed by atoms with Crippen molar-refractivity contribution < 1.29 is 9.59 Å². The number of likely N-dealkylation sites (tertiary alicyclic amines) is 2. The summed E-state index contributed by atoms with van der Waals surface area (Å²) in [4.78, 5) is 30.2. The zero-order chi connectivity index (χ0) is 17.6. The number of benzene rings is 1. The van der Waals surface area contributed by atoms with Crippen LogP contribution in [0.25, 0.3) is 0 Å². The smallest absolute Gasteiger partial charge is 0.321 e. The zero-order valence-corrected chi connectivity index (χ0v) is 15.7. The Kier molecular flexibility index (Phi) is 6.24. The van der Waals surface area contributed by atoms with Crippen LogP contribution in [0, 0.1) is 5.92 Å². The summed E-state index contributed by atoms with van der Waals surface area (Å²) >= 11 is 1.72. The van der Waals surface area contributed by atoms with Crippen molar-refractivity contribution in [2.24, 2.45) is 5.92 Å². The van der Waals surface area contributed by atoms with Gasteiger partial charge in [0.2, 0.25) is 5.91 Å². The molecular formula is C19H27N3O2S. The molecule has 6 heteroatoms. The second-order valence-electron chi connectivity index (χ2n) is 6.68. The molecule has 0 bridgehead atoms. The van der Waals surface area contributed by atoms with Gasteiger partial charge >= 0.3 is 6.03 Å². The lowest BCUT2D eigenvalue weighted by Crippen LogP contribution is -2.47. The highest BCUT2D eigenvalue weighted by Crippen LogP contribution is 2.28. The molecule has 1 atom stereocenters. The number of nitrogens with zero attached hydrogens (tertiary/aromatic N) is 2. The zero-order valence-electron chi connectivity index (χ0n) is 14.9. The van der Waals surface area contributed by atoms with E-state index in [1.807, 2.05) is 29.2 Å². The maximum absolute atomic E-state index is 12.7. The van der Waals surface area contributed by atoms with Gasteiger partial charge in [-0.3, -0.25) is 4.79 Å². The fourth-order valence-electron chi connectivity index (χ4n) is 3.60. The van der Waals surface area contributed by atoms with Gasteiger partial charge in [-0.1, -0.05) is 19.1 Å². The third-order valence-corrected chi connectivity index (χ3v) is 5.86. The first-order chi connectivity index (χ1) is 12.2. The Balaban J connectivity index is 1.61. The topological polar surface area (TPSA) is 52.7 Å². The Morgan fingerprint density at radius 1 is 1.12 bits per heavy atom. The largest absolute Gasteiger partial charge is 0.342 e. The molecule has 0 spiro atoms. The summed E-state index contributed by atoms with van der Waals surface area (Å²) in [6, 6.07) is 7.79. The molecule has 2 fully saturated rings. The maximum Gasteiger partial charge on any atom is 0.321 e. The Labute approximate surface area is 154 Å². The van der Waals surface area contributed by atoms with Crippen molar-refractivity contribution >= 4 is 29.4 Å². The molecule has 0 aliphatic carbocycles. The average Bonchev–Trinajstić information content (AvgIpc) is 3.18. The van der Waals surface area contributed by atoms with Crippen LogP contribution < -0.4 is 5.32 Å². The van der Waals surface area contributed by atoms with Gasteiger partial charge in [0.25, 0.3) is 0 Å². The molecule has 0 radical (unpaired) electrons. The molecule has 25 heavy (non-hydrogen) atoms. The molecule has 5 nitrogen and oxygen atoms in total. The van der Waals surface area contributed by atoms with Crippen LogP contribution in [-0.4, -0.2) is 53.7 Å². The number of carbonyl (C=O) groups is 2. The maximum atomic E-state index is 12.7. The second kappa shape index (κ2) is 8.61. The molecule has 0 saturated carbocycles. The van der Waals surface area contributed by atoms with Crippen LogP contribution in [0.15, 0.2) is 29.2 Å². The summed E-state index contributed by atoms with van der Waals surface area (Å²) in [6.07, 6.45) is 3.99. The number of nitrogens with one attached hydrogen (secondary N) is 1. The lowest BCUT2D eigenvalue weighted by atomic mass is 9.97. The average molecular weight is 362 g/mol. The Morgan fingerprint density at radius 3 is 2.60 bits per heavy atom. The van der Waals surface area contributed by atoms with E-state index in [1.54, 1.807) is 16.7 Å². The molecule has 2 aliphatic rings. The number of thioether (sulfide) groups is 1. The van der Waals surface area contributed by atoms with E-state index < -0.39 is 0 Å². The minimum atomic E-state index is -0.0944. The van der Waals surface area contributed by atoms with E-state index in [-0.39, 0.29) is 17.9 Å². The highest BCUT2D eigenvalue weighted by Gasteiger charge is 2.32. The number of hydrogen-bond donors (Lipinski definition) is 1. The molecule has 0 aromatic heterocycles. The summed E-state index contributed by atoms with van der Waals surface area (Å²) in [5.41, 5.74) is 0.854. The van der Waals surface area contributed by atoms with Gasteiger partial charge in [-0.2, -0.15) is 0 Å². The van der Waals surface area contributed by atoms with Crippen molar-refractivity contribution in [2.45, 2.75) is 37.5 Å². The number of piperidine rings is 1. The Hall–Kier alpha value is -1.69. The van der Waals surface area contributed by atoms with E-state index in [9.17, 15) is 9.59 Å². The van der Waals surface area contributed by atoms with Gasteiger partial charge in [0.15, 0.2) is 0 Å². The number of amides is 3. The van der Waals surface area contributed by atoms with Gasteiger partial charge in [-0.15, -0.1) is 11.8 Å². The van der Waals surface area contributed by atoms with E-state index in [1.165, 1.54) is 0 Å². The van der Waals surface area contributed by atoms with Gasteiger partial charge in [0, 0.05) is 31.1 Å². The number of para-hydroxylation sites is 1. The minimum Gasteiger partial charge on any atom is -0.342 e. The van der Waals surface area contributed by atoms with Crippen LogP contribution in [0.3, 0.4) is 0 Å². The van der Waals surface area contributed by atoms with Crippen molar-refractivity contribution in [3.63, 3.8) is 0 Å². The molecule has 2 saturated heterocycles. The minimum absolute atomic E-state index is 0.0436. The first-order valence-corrected chi connectivity index (χ1v) is 10.2. The van der Waals surface area contributed by atoms with Gasteiger partial charge < -0.3 is 15.1 Å². The van der Waals surface area contributed by atoms with E-state index >= 15 is 0 Å². The standard InChI is InChI=1S/C19H27N3O2S/c1-2-25-17-10-4-3-9-16(17)20-19(24)22-13-7-8-15(14-22)18(23)21-11-5-6-12-21/h3-4,9-10,15H,2,5-8,11-14H2,1H3,(H,20,24)/t15-/m1/s1. The number of hydrogen-bond acceptors (Lipinski definition) is 3. The summed E-state index contributed by atoms with van der Waals surface area (Å²) < 4.78 is 0. The van der Waals surface area contributed by atoms with Gasteiger partial charge in [-0.05, 0) is 43.6 Å². The van der Waals surface area contributed by atoms with Crippen LogP contribution in [0.4, 0.5) is 10.5 Å². The number of carbonyl (C=O) groups excluding carboxylic acids is 2. The summed E-state index contributed by atoms with van der Waals surface area (Å²) in [5, 5.41) is 3.04. The predicted octanol–water partition coefficient (Wildman–Crippen LogP) is 3.66. The molecule has 136 valence electrons. The molecule has 0 unspecified atom stereocenters. The molecule has 2 aliphatic heterocycles. The summed E-state index contributed by atoms with van der Waals surface area (Å²) in [5.74, 6) is 1.15. The van der Waals surface area contributed by atoms with Crippen molar-refractivity contribution in [3.05, 3.63) is 24.3 Å². The molecule has 1 aromatic rings. The van der Waals surface area contributed by atoms with Crippen LogP contribution >= 0.6 is 11.8 Å². The second-order valence-corrected chi connectivity index (χ2v) is 7.98. The first-order valence-electron chi connectivity index (χ1n) is 9.25. The molecule has 2 heterocycles. The molecular weight excluding hydrogens is 334 g/mol. The van der Waals surface area contributed by atoms with Crippen LogP contribution in [-0.2, 0) is 4.79 Å². The molecule has 3 rings (SSSR count). The first kappa shape index (κ1) is 18.1. The fourth-order valence-corrected chi connectivity index (χ4v) is 4.36. The summed E-state index contributed by atoms with van der Waals surface area (Å²) in [7, 11) is 0. The lowest BCUT2D eigenvalue weighted by Gasteiger charge is -2.34. The van der Waals surface area contributed by atoms with Crippen molar-refractivity contribution in [2.75, 3.05) is 37.2 Å². The van der Waals surface area contributed by atoms with E-state index in [0.717, 1.165) is 61.7 Å². The normalized spacial score (nSPS) is 20.6. The Bertz CT molecular complexity index is 616. The summed E-state index contributed by atoms with van der Waals surface area (Å²) in [6.45, 7) is 5.11. The van der Waals surface area contributed by atoms with Crippen molar-refractivity contribution in [1.29, 1.82) is 0 Å². The fraction of sp³-hybridized carbons (Fsp3) is 0.579. The molecule has 1 aromatic carbocycles. The van der Waals surface area contributed by atoms with E-state index in [2.05, 4.69) is 12.2 Å². The number of rotatable bonds is 4. The molecule has 3 amide bonds. The van der Waals surface area contributed by atoms with Gasteiger partial charge in [0.1, 0.15) is 0 Å². The van der Waals surface area contributed by atoms with E-state index in [0.29, 0.717) is 6.54 Å². The predicted molar refractivity (Wildman–Crippen MR) is 102 cm³/mol. The third-order valence-electron chi connectivity index (χ3n) is 4.90.